The van der Waals surface area contributed by atoms with Gasteiger partial charge in [0.1, 0.15) is 6.04 Å². The number of pyridine rings is 1. The highest BCUT2D eigenvalue weighted by atomic mass is 32.2. The summed E-state index contributed by atoms with van der Waals surface area (Å²) < 4.78 is 0. The van der Waals surface area contributed by atoms with Gasteiger partial charge >= 0.3 is 5.97 Å². The maximum Gasteiger partial charge on any atom is 0.321 e. The number of fused-ring (bicyclic) bond motifs is 1. The normalized spacial score (nSPS) is 23.3. The van der Waals surface area contributed by atoms with Gasteiger partial charge in [0.2, 0.25) is 0 Å². The zero-order valence-corrected chi connectivity index (χ0v) is 10.4. The van der Waals surface area contributed by atoms with Gasteiger partial charge in [-0.2, -0.15) is 0 Å². The maximum atomic E-state index is 11.0. The number of aliphatic carboxylic acids is 1. The monoisotopic (exact) mass is 260 g/mol. The van der Waals surface area contributed by atoms with E-state index >= 15 is 0 Å². The van der Waals surface area contributed by atoms with Gasteiger partial charge in [-0.1, -0.05) is 24.3 Å². The number of carboxylic acid groups (broad SMARTS) is 1. The van der Waals surface area contributed by atoms with Crippen LogP contribution in [0.2, 0.25) is 0 Å². The third kappa shape index (κ3) is 1.95. The Hall–Kier alpha value is -1.59. The molecule has 4 nitrogen and oxygen atoms in total. The third-order valence-corrected chi connectivity index (χ3v) is 4.31. The molecule has 1 saturated heterocycles. The van der Waals surface area contributed by atoms with E-state index in [1.54, 1.807) is 11.8 Å². The lowest BCUT2D eigenvalue weighted by molar-refractivity contribution is -0.138. The van der Waals surface area contributed by atoms with Gasteiger partial charge < -0.3 is 5.11 Å². The van der Waals surface area contributed by atoms with E-state index in [1.807, 2.05) is 36.7 Å². The summed E-state index contributed by atoms with van der Waals surface area (Å²) in [4.78, 5) is 15.2. The van der Waals surface area contributed by atoms with Crippen molar-refractivity contribution in [3.63, 3.8) is 0 Å². The largest absolute Gasteiger partial charge is 0.480 e. The molecule has 1 aliphatic heterocycles. The van der Waals surface area contributed by atoms with Crippen molar-refractivity contribution in [1.82, 2.24) is 10.3 Å². The first-order chi connectivity index (χ1) is 8.75. The Balaban J connectivity index is 1.98. The minimum absolute atomic E-state index is 0.00435. The number of nitrogens with one attached hydrogen (secondary N) is 1. The van der Waals surface area contributed by atoms with E-state index in [-0.39, 0.29) is 5.37 Å². The highest BCUT2D eigenvalue weighted by Gasteiger charge is 2.31. The van der Waals surface area contributed by atoms with Crippen LogP contribution in [0, 0.1) is 0 Å². The Morgan fingerprint density at radius 1 is 1.39 bits per heavy atom. The molecule has 1 aromatic carbocycles. The van der Waals surface area contributed by atoms with Crippen molar-refractivity contribution in [2.45, 2.75) is 11.4 Å². The maximum absolute atomic E-state index is 11.0. The number of nitrogens with zero attached hydrogens (tertiary/aromatic N) is 1. The van der Waals surface area contributed by atoms with Crippen molar-refractivity contribution in [1.29, 1.82) is 0 Å². The first kappa shape index (κ1) is 11.5. The van der Waals surface area contributed by atoms with Gasteiger partial charge in [-0.3, -0.25) is 15.1 Å². The number of benzene rings is 1. The van der Waals surface area contributed by atoms with Gasteiger partial charge in [0.05, 0.1) is 5.37 Å². The third-order valence-electron chi connectivity index (χ3n) is 3.06. The second kappa shape index (κ2) is 4.59. The average molecular weight is 260 g/mol. The first-order valence-corrected chi connectivity index (χ1v) is 6.73. The van der Waals surface area contributed by atoms with Crippen LogP contribution in [0.15, 0.2) is 36.7 Å². The molecule has 1 unspecified atom stereocenters. The number of hydrogen-bond acceptors (Lipinski definition) is 4. The van der Waals surface area contributed by atoms with Crippen LogP contribution in [0.5, 0.6) is 0 Å². The lowest BCUT2D eigenvalue weighted by Gasteiger charge is -2.13. The minimum Gasteiger partial charge on any atom is -0.480 e. The zero-order valence-electron chi connectivity index (χ0n) is 9.54. The van der Waals surface area contributed by atoms with Crippen molar-refractivity contribution in [2.75, 3.05) is 5.75 Å². The van der Waals surface area contributed by atoms with E-state index in [0.29, 0.717) is 5.75 Å². The highest BCUT2D eigenvalue weighted by molar-refractivity contribution is 7.99. The van der Waals surface area contributed by atoms with Crippen molar-refractivity contribution in [3.05, 3.63) is 42.2 Å². The van der Waals surface area contributed by atoms with E-state index in [2.05, 4.69) is 10.3 Å². The number of carboxylic acids is 1. The zero-order chi connectivity index (χ0) is 12.5. The van der Waals surface area contributed by atoms with Crippen LogP contribution in [-0.2, 0) is 4.79 Å². The van der Waals surface area contributed by atoms with Crippen LogP contribution in [0.4, 0.5) is 0 Å². The molecule has 0 aliphatic carbocycles. The van der Waals surface area contributed by atoms with Crippen molar-refractivity contribution in [3.8, 4) is 0 Å². The van der Waals surface area contributed by atoms with E-state index < -0.39 is 12.0 Å². The summed E-state index contributed by atoms with van der Waals surface area (Å²) in [7, 11) is 0. The van der Waals surface area contributed by atoms with Crippen LogP contribution in [0.1, 0.15) is 10.9 Å². The molecular formula is C13H12N2O2S. The molecule has 1 aliphatic rings. The smallest absolute Gasteiger partial charge is 0.321 e. The van der Waals surface area contributed by atoms with Crippen LogP contribution in [0.25, 0.3) is 10.8 Å². The number of hydrogen-bond donors (Lipinski definition) is 2. The van der Waals surface area contributed by atoms with Gasteiger partial charge in [0.15, 0.2) is 0 Å². The van der Waals surface area contributed by atoms with Crippen molar-refractivity contribution in [2.24, 2.45) is 0 Å². The number of carbonyl (C=O) groups is 1. The summed E-state index contributed by atoms with van der Waals surface area (Å²) in [5, 5.41) is 14.3. The van der Waals surface area contributed by atoms with Crippen LogP contribution in [0.3, 0.4) is 0 Å². The lowest BCUT2D eigenvalue weighted by atomic mass is 10.1. The predicted octanol–water partition coefficient (Wildman–Crippen LogP) is 2.02. The average Bonchev–Trinajstić information content (AvgIpc) is 2.87. The first-order valence-electron chi connectivity index (χ1n) is 5.69. The standard InChI is InChI=1S/C13H12N2O2S/c16-13(17)11-7-18-12(15-11)10-6-14-5-8-3-1-2-4-9(8)10/h1-6,11-12,15H,7H2,(H,16,17)/t11-,12?/m1/s1. The molecule has 1 fully saturated rings. The van der Waals surface area contributed by atoms with Gasteiger partial charge in [-0.25, -0.2) is 0 Å². The topological polar surface area (TPSA) is 62.2 Å². The van der Waals surface area contributed by atoms with Crippen LogP contribution >= 0.6 is 11.8 Å². The van der Waals surface area contributed by atoms with Gasteiger partial charge in [0, 0.05) is 29.1 Å². The van der Waals surface area contributed by atoms with E-state index in [4.69, 9.17) is 5.11 Å². The van der Waals surface area contributed by atoms with Gasteiger partial charge in [-0.15, -0.1) is 11.8 Å². The molecule has 18 heavy (non-hydrogen) atoms. The molecule has 2 aromatic rings. The molecule has 0 saturated carbocycles. The molecule has 2 atom stereocenters. The Morgan fingerprint density at radius 2 is 2.22 bits per heavy atom. The molecule has 2 N–H and O–H groups in total. The summed E-state index contributed by atoms with van der Waals surface area (Å²) in [5.74, 6) is -0.207. The molecular weight excluding hydrogens is 248 g/mol. The Kier molecular flexibility index (Phi) is 2.93. The molecule has 2 heterocycles. The molecule has 92 valence electrons. The van der Waals surface area contributed by atoms with Crippen molar-refractivity contribution < 1.29 is 9.90 Å². The quantitative estimate of drug-likeness (QED) is 0.865. The summed E-state index contributed by atoms with van der Waals surface area (Å²) >= 11 is 1.61. The Labute approximate surface area is 108 Å². The fourth-order valence-corrected chi connectivity index (χ4v) is 3.39. The summed E-state index contributed by atoms with van der Waals surface area (Å²) in [6.07, 6.45) is 3.64. The van der Waals surface area contributed by atoms with E-state index in [9.17, 15) is 4.79 Å². The van der Waals surface area contributed by atoms with E-state index in [1.165, 1.54) is 0 Å². The van der Waals surface area contributed by atoms with Gasteiger partial charge in [-0.05, 0) is 5.39 Å². The molecule has 0 radical (unpaired) electrons. The second-order valence-electron chi connectivity index (χ2n) is 4.22. The fraction of sp³-hybridized carbons (Fsp3) is 0.231. The minimum atomic E-state index is -0.793. The van der Waals surface area contributed by atoms with Gasteiger partial charge in [0.25, 0.3) is 0 Å². The predicted molar refractivity (Wildman–Crippen MR) is 71.5 cm³/mol. The molecule has 0 bridgehead atoms. The van der Waals surface area contributed by atoms with Crippen molar-refractivity contribution >= 4 is 28.5 Å². The number of rotatable bonds is 2. The summed E-state index contributed by atoms with van der Waals surface area (Å²) in [6.45, 7) is 0. The Morgan fingerprint density at radius 3 is 3.00 bits per heavy atom. The van der Waals surface area contributed by atoms with Crippen LogP contribution < -0.4 is 5.32 Å². The summed E-state index contributed by atoms with van der Waals surface area (Å²) in [5.41, 5.74) is 1.06. The molecule has 0 amide bonds. The van der Waals surface area contributed by atoms with Crippen LogP contribution in [-0.4, -0.2) is 27.9 Å². The molecule has 1 aromatic heterocycles. The molecule has 3 rings (SSSR count). The lowest BCUT2D eigenvalue weighted by Crippen LogP contribution is -2.33. The highest BCUT2D eigenvalue weighted by Crippen LogP contribution is 2.35. The second-order valence-corrected chi connectivity index (χ2v) is 5.36. The molecule has 5 heteroatoms. The van der Waals surface area contributed by atoms with E-state index in [0.717, 1.165) is 16.3 Å². The summed E-state index contributed by atoms with van der Waals surface area (Å²) in [6, 6.07) is 7.55. The fourth-order valence-electron chi connectivity index (χ4n) is 2.14. The number of thioether (sulfide) groups is 1. The Bertz CT molecular complexity index is 597. The number of aromatic nitrogens is 1. The SMILES string of the molecule is O=C(O)[C@H]1CSC(c2cncc3ccccc23)N1. The molecule has 0 spiro atoms.